The lowest BCUT2D eigenvalue weighted by Gasteiger charge is -2.25. The van der Waals surface area contributed by atoms with E-state index in [4.69, 9.17) is 4.18 Å². The Morgan fingerprint density at radius 1 is 1.15 bits per heavy atom. The number of hydrogen-bond donors (Lipinski definition) is 0. The van der Waals surface area contributed by atoms with E-state index in [-0.39, 0.29) is 0 Å². The second-order valence-electron chi connectivity index (χ2n) is 7.36. The molecule has 0 amide bonds. The lowest BCUT2D eigenvalue weighted by molar-refractivity contribution is 0.210. The molecule has 1 saturated carbocycles. The average Bonchev–Trinajstić information content (AvgIpc) is 2.93. The molecular weight excluding hydrogens is 288 g/mol. The van der Waals surface area contributed by atoms with Crippen LogP contribution in [0.25, 0.3) is 0 Å². The number of rotatable bonds is 10. The molecule has 3 nitrogen and oxygen atoms in total. The van der Waals surface area contributed by atoms with Crippen LogP contribution in [0.3, 0.4) is 0 Å². The predicted octanol–water partition coefficient (Wildman–Crippen LogP) is 4.56. The van der Waals surface area contributed by atoms with Gasteiger partial charge >= 0.3 is 0 Å². The summed E-state index contributed by atoms with van der Waals surface area (Å²) in [5.41, 5.74) is 0.103. The van der Waals surface area contributed by atoms with E-state index < -0.39 is 23.8 Å². The maximum Gasteiger partial charge on any atom is 0.264 e. The van der Waals surface area contributed by atoms with E-state index in [1.807, 2.05) is 6.92 Å². The van der Waals surface area contributed by atoms with Crippen LogP contribution in [0.2, 0.25) is 24.7 Å². The standard InChI is InChI=1S/C15H32O3SSi/c1-6-7-8-9-10-11-12-20(4,5)14-13-15(14,2)18-19(3,16)17/h14H,6-13H2,1-5H3. The normalized spacial score (nSPS) is 26.8. The van der Waals surface area contributed by atoms with Crippen molar-refractivity contribution in [2.45, 2.75) is 89.1 Å². The summed E-state index contributed by atoms with van der Waals surface area (Å²) in [5.74, 6) is 0. The minimum absolute atomic E-state index is 0.397. The smallest absolute Gasteiger partial charge is 0.264 e. The van der Waals surface area contributed by atoms with Gasteiger partial charge in [0.05, 0.1) is 19.9 Å². The Hall–Kier alpha value is 0.127. The molecule has 2 unspecified atom stereocenters. The van der Waals surface area contributed by atoms with Gasteiger partial charge in [0.25, 0.3) is 10.1 Å². The van der Waals surface area contributed by atoms with E-state index in [0.29, 0.717) is 5.54 Å². The number of unbranched alkanes of at least 4 members (excludes halogenated alkanes) is 5. The van der Waals surface area contributed by atoms with E-state index in [9.17, 15) is 8.42 Å². The monoisotopic (exact) mass is 320 g/mol. The Kier molecular flexibility index (Phi) is 6.29. The van der Waals surface area contributed by atoms with Crippen molar-refractivity contribution < 1.29 is 12.6 Å². The third kappa shape index (κ3) is 5.86. The maximum absolute atomic E-state index is 11.3. The van der Waals surface area contributed by atoms with Gasteiger partial charge < -0.3 is 0 Å². The van der Waals surface area contributed by atoms with E-state index in [2.05, 4.69) is 20.0 Å². The summed E-state index contributed by atoms with van der Waals surface area (Å²) in [6.45, 7) is 8.99. The van der Waals surface area contributed by atoms with Gasteiger partial charge in [0.15, 0.2) is 0 Å². The highest BCUT2D eigenvalue weighted by molar-refractivity contribution is 7.86. The molecule has 1 rings (SSSR count). The molecule has 0 spiro atoms. The second-order valence-corrected chi connectivity index (χ2v) is 14.1. The lowest BCUT2D eigenvalue weighted by atomic mass is 10.1. The zero-order valence-electron chi connectivity index (χ0n) is 13.9. The average molecular weight is 321 g/mol. The molecule has 0 heterocycles. The molecule has 0 N–H and O–H groups in total. The van der Waals surface area contributed by atoms with Crippen molar-refractivity contribution in [3.8, 4) is 0 Å². The van der Waals surface area contributed by atoms with Crippen LogP contribution >= 0.6 is 0 Å². The lowest BCUT2D eigenvalue weighted by Crippen LogP contribution is -2.31. The van der Waals surface area contributed by atoms with Gasteiger partial charge in [-0.15, -0.1) is 0 Å². The van der Waals surface area contributed by atoms with Crippen LogP contribution in [-0.2, 0) is 14.3 Å². The molecule has 0 bridgehead atoms. The van der Waals surface area contributed by atoms with Crippen LogP contribution < -0.4 is 0 Å². The van der Waals surface area contributed by atoms with Crippen molar-refractivity contribution in [2.24, 2.45) is 0 Å². The Morgan fingerprint density at radius 3 is 2.25 bits per heavy atom. The van der Waals surface area contributed by atoms with Gasteiger partial charge in [-0.3, -0.25) is 4.18 Å². The van der Waals surface area contributed by atoms with Crippen LogP contribution in [0.4, 0.5) is 0 Å². The second kappa shape index (κ2) is 6.92. The predicted molar refractivity (Wildman–Crippen MR) is 88.4 cm³/mol. The topological polar surface area (TPSA) is 43.4 Å². The van der Waals surface area contributed by atoms with E-state index >= 15 is 0 Å². The summed E-state index contributed by atoms with van der Waals surface area (Å²) in [6.07, 6.45) is 10.1. The molecule has 0 saturated heterocycles. The molecule has 2 atom stereocenters. The fraction of sp³-hybridized carbons (Fsp3) is 1.00. The fourth-order valence-corrected chi connectivity index (χ4v) is 8.56. The third-order valence-corrected chi connectivity index (χ3v) is 9.67. The van der Waals surface area contributed by atoms with Crippen molar-refractivity contribution in [1.29, 1.82) is 0 Å². The van der Waals surface area contributed by atoms with Gasteiger partial charge in [-0.1, -0.05) is 64.6 Å². The summed E-state index contributed by atoms with van der Waals surface area (Å²) < 4.78 is 27.9. The number of hydrogen-bond acceptors (Lipinski definition) is 3. The quantitative estimate of drug-likeness (QED) is 0.336. The first-order valence-corrected chi connectivity index (χ1v) is 13.1. The minimum Gasteiger partial charge on any atom is -0.264 e. The van der Waals surface area contributed by atoms with E-state index in [1.54, 1.807) is 0 Å². The summed E-state index contributed by atoms with van der Waals surface area (Å²) in [4.78, 5) is 0. The van der Waals surface area contributed by atoms with Gasteiger partial charge in [0.2, 0.25) is 0 Å². The van der Waals surface area contributed by atoms with Gasteiger partial charge in [0, 0.05) is 0 Å². The molecule has 120 valence electrons. The van der Waals surface area contributed by atoms with Crippen LogP contribution in [0.1, 0.15) is 58.8 Å². The molecule has 1 aliphatic carbocycles. The first kappa shape index (κ1) is 18.2. The van der Waals surface area contributed by atoms with Gasteiger partial charge in [-0.2, -0.15) is 8.42 Å². The van der Waals surface area contributed by atoms with Crippen molar-refractivity contribution in [2.75, 3.05) is 6.26 Å². The highest BCUT2D eigenvalue weighted by Gasteiger charge is 2.60. The van der Waals surface area contributed by atoms with Crippen molar-refractivity contribution >= 4 is 18.2 Å². The fourth-order valence-electron chi connectivity index (χ4n) is 3.42. The first-order valence-electron chi connectivity index (χ1n) is 8.01. The molecule has 5 heteroatoms. The Morgan fingerprint density at radius 2 is 1.70 bits per heavy atom. The molecule has 0 aromatic rings. The Labute approximate surface area is 126 Å². The molecule has 0 radical (unpaired) electrons. The van der Waals surface area contributed by atoms with Crippen LogP contribution in [0, 0.1) is 0 Å². The van der Waals surface area contributed by atoms with E-state index in [0.717, 1.165) is 12.7 Å². The summed E-state index contributed by atoms with van der Waals surface area (Å²) in [6, 6.07) is 1.30. The highest BCUT2D eigenvalue weighted by atomic mass is 32.2. The maximum atomic E-state index is 11.3. The van der Waals surface area contributed by atoms with E-state index in [1.165, 1.54) is 44.6 Å². The Bertz CT molecular complexity index is 405. The molecule has 1 aliphatic rings. The molecule has 0 aliphatic heterocycles. The zero-order chi connectivity index (χ0) is 15.4. The summed E-state index contributed by atoms with van der Waals surface area (Å²) in [5, 5.41) is 0. The summed E-state index contributed by atoms with van der Waals surface area (Å²) >= 11 is 0. The van der Waals surface area contributed by atoms with Crippen LogP contribution in [-0.4, -0.2) is 28.3 Å². The minimum atomic E-state index is -3.33. The first-order chi connectivity index (χ1) is 9.11. The third-order valence-electron chi connectivity index (χ3n) is 4.65. The van der Waals surface area contributed by atoms with Crippen molar-refractivity contribution in [1.82, 2.24) is 0 Å². The van der Waals surface area contributed by atoms with Crippen molar-refractivity contribution in [3.63, 3.8) is 0 Å². The molecule has 0 aromatic heterocycles. The molecule has 0 aromatic carbocycles. The SMILES string of the molecule is CCCCCCCC[Si](C)(C)C1CC1(C)OS(C)(=O)=O. The molecule has 1 fully saturated rings. The van der Waals surface area contributed by atoms with Crippen molar-refractivity contribution in [3.05, 3.63) is 0 Å². The van der Waals surface area contributed by atoms with Gasteiger partial charge in [-0.05, 0) is 18.9 Å². The highest BCUT2D eigenvalue weighted by Crippen LogP contribution is 2.59. The largest absolute Gasteiger partial charge is 0.264 e. The van der Waals surface area contributed by atoms with Gasteiger partial charge in [-0.25, -0.2) is 0 Å². The summed E-state index contributed by atoms with van der Waals surface area (Å²) in [7, 11) is -4.69. The van der Waals surface area contributed by atoms with Crippen LogP contribution in [0.15, 0.2) is 0 Å². The van der Waals surface area contributed by atoms with Crippen LogP contribution in [0.5, 0.6) is 0 Å². The Balaban J connectivity index is 2.32. The molecular formula is C15H32O3SSi. The zero-order valence-corrected chi connectivity index (χ0v) is 15.7. The van der Waals surface area contributed by atoms with Gasteiger partial charge in [0.1, 0.15) is 0 Å². The molecule has 20 heavy (non-hydrogen) atoms.